The number of halogens is 1. The molecular weight excluding hydrogens is 401 g/mol. The summed E-state index contributed by atoms with van der Waals surface area (Å²) in [6.45, 7) is 2.42. The molecule has 1 unspecified atom stereocenters. The molecule has 32 heavy (non-hydrogen) atoms. The van der Waals surface area contributed by atoms with Crippen molar-refractivity contribution in [2.45, 2.75) is 31.3 Å². The van der Waals surface area contributed by atoms with Crippen LogP contribution in [0.15, 0.2) is 78.9 Å². The van der Waals surface area contributed by atoms with Gasteiger partial charge in [0.2, 0.25) is 0 Å². The number of anilines is 1. The fourth-order valence-electron chi connectivity index (χ4n) is 5.16. The Labute approximate surface area is 188 Å². The largest absolute Gasteiger partial charge is 0.324 e. The lowest BCUT2D eigenvalue weighted by Gasteiger charge is -2.45. The van der Waals surface area contributed by atoms with E-state index in [1.165, 1.54) is 28.8 Å². The second-order valence-corrected chi connectivity index (χ2v) is 8.66. The lowest BCUT2D eigenvalue weighted by molar-refractivity contribution is 0.0915. The minimum Gasteiger partial charge on any atom is -0.324 e. The zero-order chi connectivity index (χ0) is 21.9. The molecule has 1 atom stereocenters. The SMILES string of the molecule is O=C(Nc1cccc(F)c1)N1CCC(N2CCc3ccccc3C2c2ccccc2)CC1. The van der Waals surface area contributed by atoms with Gasteiger partial charge in [-0.05, 0) is 54.2 Å². The molecule has 0 saturated carbocycles. The summed E-state index contributed by atoms with van der Waals surface area (Å²) in [5.41, 5.74) is 4.65. The van der Waals surface area contributed by atoms with Crippen molar-refractivity contribution in [1.29, 1.82) is 0 Å². The van der Waals surface area contributed by atoms with E-state index in [0.717, 1.165) is 25.8 Å². The van der Waals surface area contributed by atoms with Crippen LogP contribution in [0.3, 0.4) is 0 Å². The van der Waals surface area contributed by atoms with Gasteiger partial charge in [0, 0.05) is 31.4 Å². The molecule has 0 radical (unpaired) electrons. The molecule has 3 aromatic carbocycles. The number of carbonyl (C=O) groups is 1. The van der Waals surface area contributed by atoms with Crippen molar-refractivity contribution < 1.29 is 9.18 Å². The smallest absolute Gasteiger partial charge is 0.321 e. The maximum atomic E-state index is 13.4. The first-order chi connectivity index (χ1) is 15.7. The van der Waals surface area contributed by atoms with E-state index in [9.17, 15) is 9.18 Å². The van der Waals surface area contributed by atoms with Crippen molar-refractivity contribution in [2.75, 3.05) is 25.0 Å². The second kappa shape index (κ2) is 9.13. The summed E-state index contributed by atoms with van der Waals surface area (Å²) in [5, 5.41) is 2.83. The molecule has 0 bridgehead atoms. The van der Waals surface area contributed by atoms with Gasteiger partial charge in [-0.1, -0.05) is 60.7 Å². The standard InChI is InChI=1S/C27H28FN3O/c28-22-10-6-11-23(19-22)29-27(32)30-16-14-24(15-17-30)31-18-13-20-7-4-5-12-25(20)26(31)21-8-2-1-3-9-21/h1-12,19,24,26H,13-18H2,(H,29,32). The van der Waals surface area contributed by atoms with Crippen LogP contribution in [0.4, 0.5) is 14.9 Å². The molecule has 5 heteroatoms. The summed E-state index contributed by atoms with van der Waals surface area (Å²) in [6.07, 6.45) is 2.92. The summed E-state index contributed by atoms with van der Waals surface area (Å²) in [4.78, 5) is 17.2. The number of fused-ring (bicyclic) bond motifs is 1. The van der Waals surface area contributed by atoms with Crippen LogP contribution in [0.1, 0.15) is 35.6 Å². The number of hydrogen-bond donors (Lipinski definition) is 1. The Bertz CT molecular complexity index is 1080. The van der Waals surface area contributed by atoms with Crippen LogP contribution in [0.25, 0.3) is 0 Å². The van der Waals surface area contributed by atoms with Crippen molar-refractivity contribution in [3.05, 3.63) is 101 Å². The molecule has 0 spiro atoms. The van der Waals surface area contributed by atoms with Crippen molar-refractivity contribution in [3.63, 3.8) is 0 Å². The summed E-state index contributed by atoms with van der Waals surface area (Å²) >= 11 is 0. The van der Waals surface area contributed by atoms with Crippen LogP contribution >= 0.6 is 0 Å². The van der Waals surface area contributed by atoms with Crippen molar-refractivity contribution in [1.82, 2.24) is 9.80 Å². The Kier molecular flexibility index (Phi) is 5.91. The van der Waals surface area contributed by atoms with Gasteiger partial charge in [0.05, 0.1) is 6.04 Å². The van der Waals surface area contributed by atoms with Crippen molar-refractivity contribution >= 4 is 11.7 Å². The third-order valence-corrected chi connectivity index (χ3v) is 6.73. The van der Waals surface area contributed by atoms with Crippen LogP contribution in [-0.2, 0) is 6.42 Å². The average molecular weight is 430 g/mol. The number of nitrogens with one attached hydrogen (secondary N) is 1. The molecule has 4 nitrogen and oxygen atoms in total. The fourth-order valence-corrected chi connectivity index (χ4v) is 5.16. The maximum Gasteiger partial charge on any atom is 0.321 e. The highest BCUT2D eigenvalue weighted by Gasteiger charge is 2.35. The highest BCUT2D eigenvalue weighted by molar-refractivity contribution is 5.89. The summed E-state index contributed by atoms with van der Waals surface area (Å²) < 4.78 is 13.4. The Morgan fingerprint density at radius 1 is 0.875 bits per heavy atom. The lowest BCUT2D eigenvalue weighted by Crippen LogP contribution is -2.50. The molecule has 1 fully saturated rings. The number of carbonyl (C=O) groups excluding carboxylic acids is 1. The number of nitrogens with zero attached hydrogens (tertiary/aromatic N) is 2. The van der Waals surface area contributed by atoms with E-state index < -0.39 is 0 Å². The molecule has 0 aliphatic carbocycles. The third kappa shape index (κ3) is 4.26. The first kappa shape index (κ1) is 20.7. The molecular formula is C27H28FN3O. The van der Waals surface area contributed by atoms with E-state index >= 15 is 0 Å². The van der Waals surface area contributed by atoms with Crippen molar-refractivity contribution in [2.24, 2.45) is 0 Å². The zero-order valence-electron chi connectivity index (χ0n) is 18.1. The molecule has 0 aromatic heterocycles. The normalized spacial score (nSPS) is 19.4. The number of urea groups is 1. The maximum absolute atomic E-state index is 13.4. The number of piperidine rings is 1. The second-order valence-electron chi connectivity index (χ2n) is 8.66. The van der Waals surface area contributed by atoms with Gasteiger partial charge in [0.1, 0.15) is 5.82 Å². The monoisotopic (exact) mass is 429 g/mol. The Morgan fingerprint density at radius 2 is 1.62 bits per heavy atom. The molecule has 2 heterocycles. The Morgan fingerprint density at radius 3 is 2.41 bits per heavy atom. The van der Waals surface area contributed by atoms with Crippen LogP contribution in [0, 0.1) is 5.82 Å². The molecule has 3 aromatic rings. The molecule has 2 aliphatic heterocycles. The van der Waals surface area contributed by atoms with Gasteiger partial charge in [-0.15, -0.1) is 0 Å². The number of amides is 2. The molecule has 2 aliphatic rings. The van der Waals surface area contributed by atoms with E-state index in [1.807, 2.05) is 4.90 Å². The topological polar surface area (TPSA) is 35.6 Å². The quantitative estimate of drug-likeness (QED) is 0.599. The molecule has 5 rings (SSSR count). The average Bonchev–Trinajstić information content (AvgIpc) is 2.84. The molecule has 164 valence electrons. The number of likely N-dealkylation sites (tertiary alicyclic amines) is 1. The van der Waals surface area contributed by atoms with Crippen LogP contribution in [0.2, 0.25) is 0 Å². The van der Waals surface area contributed by atoms with Crippen LogP contribution in [0.5, 0.6) is 0 Å². The minimum atomic E-state index is -0.348. The van der Waals surface area contributed by atoms with E-state index in [1.54, 1.807) is 12.1 Å². The number of benzene rings is 3. The van der Waals surface area contributed by atoms with Gasteiger partial charge in [-0.2, -0.15) is 0 Å². The third-order valence-electron chi connectivity index (χ3n) is 6.73. The Balaban J connectivity index is 1.30. The van der Waals surface area contributed by atoms with E-state index in [0.29, 0.717) is 24.8 Å². The van der Waals surface area contributed by atoms with Crippen molar-refractivity contribution in [3.8, 4) is 0 Å². The highest BCUT2D eigenvalue weighted by atomic mass is 19.1. The van der Waals surface area contributed by atoms with Gasteiger partial charge in [-0.3, -0.25) is 4.90 Å². The van der Waals surface area contributed by atoms with Gasteiger partial charge in [0.25, 0.3) is 0 Å². The molecule has 1 N–H and O–H groups in total. The highest BCUT2D eigenvalue weighted by Crippen LogP contribution is 2.38. The summed E-state index contributed by atoms with van der Waals surface area (Å²) in [7, 11) is 0. The summed E-state index contributed by atoms with van der Waals surface area (Å²) in [6, 6.07) is 26.1. The van der Waals surface area contributed by atoms with E-state index in [-0.39, 0.29) is 17.9 Å². The van der Waals surface area contributed by atoms with Gasteiger partial charge in [-0.25, -0.2) is 9.18 Å². The van der Waals surface area contributed by atoms with E-state index in [2.05, 4.69) is 64.8 Å². The number of rotatable bonds is 3. The fraction of sp³-hybridized carbons (Fsp3) is 0.296. The summed E-state index contributed by atoms with van der Waals surface area (Å²) in [5.74, 6) is -0.348. The van der Waals surface area contributed by atoms with Gasteiger partial charge < -0.3 is 10.2 Å². The van der Waals surface area contributed by atoms with E-state index in [4.69, 9.17) is 0 Å². The van der Waals surface area contributed by atoms with Gasteiger partial charge in [0.15, 0.2) is 0 Å². The molecule has 1 saturated heterocycles. The van der Waals surface area contributed by atoms with Crippen LogP contribution in [-0.4, -0.2) is 41.5 Å². The predicted octanol–water partition coefficient (Wildman–Crippen LogP) is 5.47. The lowest BCUT2D eigenvalue weighted by atomic mass is 9.86. The first-order valence-corrected chi connectivity index (χ1v) is 11.4. The first-order valence-electron chi connectivity index (χ1n) is 11.4. The Hall–Kier alpha value is -3.18. The molecule has 2 amide bonds. The minimum absolute atomic E-state index is 0.155. The number of hydrogen-bond acceptors (Lipinski definition) is 2. The van der Waals surface area contributed by atoms with Gasteiger partial charge >= 0.3 is 6.03 Å². The van der Waals surface area contributed by atoms with Crippen LogP contribution < -0.4 is 5.32 Å². The zero-order valence-corrected chi connectivity index (χ0v) is 18.1. The predicted molar refractivity (Wildman–Crippen MR) is 125 cm³/mol.